The highest BCUT2D eigenvalue weighted by Crippen LogP contribution is 2.39. The third-order valence-corrected chi connectivity index (χ3v) is 4.90. The van der Waals surface area contributed by atoms with Crippen molar-refractivity contribution in [3.8, 4) is 0 Å². The summed E-state index contributed by atoms with van der Waals surface area (Å²) in [6.07, 6.45) is 2.00. The van der Waals surface area contributed by atoms with Gasteiger partial charge in [0.25, 0.3) is 17.5 Å². The molecule has 0 saturated heterocycles. The average Bonchev–Trinajstić information content (AvgIpc) is 2.78. The van der Waals surface area contributed by atoms with E-state index >= 15 is 0 Å². The summed E-state index contributed by atoms with van der Waals surface area (Å²) in [6.45, 7) is 1.54. The standard InChI is InChI=1S/C22H21N3O7/c1-13-17(22(28)32-11-9-15-7-3-4-10-23-15)18(19(20(26)24-13)21(27)31-2)14-6-5-8-16(12-14)25(29)30/h3-8,10,12,18,27H,9,11H2,1-2H3,(H,24,26)/b21-19-. The van der Waals surface area contributed by atoms with E-state index in [2.05, 4.69) is 10.3 Å². The molecule has 0 saturated carbocycles. The number of benzene rings is 1. The molecule has 0 bridgehead atoms. The van der Waals surface area contributed by atoms with Gasteiger partial charge in [-0.05, 0) is 24.6 Å². The molecule has 1 unspecified atom stereocenters. The molecule has 3 rings (SSSR count). The van der Waals surface area contributed by atoms with Crippen molar-refractivity contribution in [3.05, 3.63) is 92.8 Å². The van der Waals surface area contributed by atoms with Gasteiger partial charge in [-0.2, -0.15) is 0 Å². The Balaban J connectivity index is 1.99. The summed E-state index contributed by atoms with van der Waals surface area (Å²) in [5.41, 5.74) is 0.742. The molecule has 0 fully saturated rings. The number of carbonyl (C=O) groups excluding carboxylic acids is 2. The Hall–Kier alpha value is -4.21. The number of aliphatic hydroxyl groups is 1. The third-order valence-electron chi connectivity index (χ3n) is 4.90. The van der Waals surface area contributed by atoms with Crippen LogP contribution in [0.4, 0.5) is 5.69 Å². The van der Waals surface area contributed by atoms with Gasteiger partial charge in [-0.15, -0.1) is 0 Å². The lowest BCUT2D eigenvalue weighted by Crippen LogP contribution is -2.37. The van der Waals surface area contributed by atoms with E-state index in [-0.39, 0.29) is 34.7 Å². The fraction of sp³-hybridized carbons (Fsp3) is 0.227. The summed E-state index contributed by atoms with van der Waals surface area (Å²) in [7, 11) is 1.16. The Bertz CT molecular complexity index is 1110. The van der Waals surface area contributed by atoms with E-state index in [9.17, 15) is 24.8 Å². The molecule has 1 atom stereocenters. The van der Waals surface area contributed by atoms with E-state index in [1.807, 2.05) is 6.07 Å². The molecule has 1 aliphatic rings. The molecule has 1 aliphatic heterocycles. The molecule has 0 radical (unpaired) electrons. The highest BCUT2D eigenvalue weighted by Gasteiger charge is 2.40. The summed E-state index contributed by atoms with van der Waals surface area (Å²) < 4.78 is 10.3. The van der Waals surface area contributed by atoms with Crippen LogP contribution in [0.5, 0.6) is 0 Å². The van der Waals surface area contributed by atoms with Crippen LogP contribution in [0.1, 0.15) is 24.1 Å². The Morgan fingerprint density at radius 3 is 2.72 bits per heavy atom. The van der Waals surface area contributed by atoms with Crippen LogP contribution in [0.15, 0.2) is 71.4 Å². The number of non-ortho nitro benzene ring substituents is 1. The fourth-order valence-electron chi connectivity index (χ4n) is 3.42. The lowest BCUT2D eigenvalue weighted by atomic mass is 9.80. The molecule has 0 aliphatic carbocycles. The number of methoxy groups -OCH3 is 1. The number of nitro benzene ring substituents is 1. The molecular formula is C22H21N3O7. The Kier molecular flexibility index (Phi) is 6.83. The number of hydrogen-bond donors (Lipinski definition) is 2. The maximum Gasteiger partial charge on any atom is 0.336 e. The second kappa shape index (κ2) is 9.73. The molecule has 32 heavy (non-hydrogen) atoms. The van der Waals surface area contributed by atoms with Gasteiger partial charge in [0, 0.05) is 36.1 Å². The van der Waals surface area contributed by atoms with Gasteiger partial charge in [-0.1, -0.05) is 18.2 Å². The van der Waals surface area contributed by atoms with E-state index in [0.717, 1.165) is 12.8 Å². The number of aliphatic hydroxyl groups excluding tert-OH is 1. The number of rotatable bonds is 7. The zero-order chi connectivity index (χ0) is 23.3. The van der Waals surface area contributed by atoms with E-state index in [1.165, 1.54) is 31.2 Å². The lowest BCUT2D eigenvalue weighted by molar-refractivity contribution is -0.384. The number of hydrogen-bond acceptors (Lipinski definition) is 8. The van der Waals surface area contributed by atoms with Crippen LogP contribution in [0, 0.1) is 10.1 Å². The van der Waals surface area contributed by atoms with Crippen molar-refractivity contribution >= 4 is 17.6 Å². The predicted octanol–water partition coefficient (Wildman–Crippen LogP) is 2.68. The number of nitrogens with one attached hydrogen (secondary N) is 1. The summed E-state index contributed by atoms with van der Waals surface area (Å²) in [5, 5.41) is 24.0. The summed E-state index contributed by atoms with van der Waals surface area (Å²) >= 11 is 0. The molecule has 10 heteroatoms. The number of carbonyl (C=O) groups is 2. The van der Waals surface area contributed by atoms with E-state index in [4.69, 9.17) is 9.47 Å². The molecule has 2 N–H and O–H groups in total. The summed E-state index contributed by atoms with van der Waals surface area (Å²) in [5.74, 6) is -3.27. The largest absolute Gasteiger partial charge is 0.481 e. The number of amides is 1. The van der Waals surface area contributed by atoms with Crippen molar-refractivity contribution < 1.29 is 29.1 Å². The van der Waals surface area contributed by atoms with Crippen LogP contribution < -0.4 is 5.32 Å². The molecule has 10 nitrogen and oxygen atoms in total. The van der Waals surface area contributed by atoms with Gasteiger partial charge in [-0.25, -0.2) is 4.79 Å². The minimum atomic E-state index is -1.13. The maximum atomic E-state index is 13.0. The minimum absolute atomic E-state index is 0.0253. The average molecular weight is 439 g/mol. The normalized spacial score (nSPS) is 17.4. The highest BCUT2D eigenvalue weighted by atomic mass is 16.6. The van der Waals surface area contributed by atoms with Crippen molar-refractivity contribution in [1.82, 2.24) is 10.3 Å². The van der Waals surface area contributed by atoms with Gasteiger partial charge >= 0.3 is 5.97 Å². The van der Waals surface area contributed by atoms with Gasteiger partial charge in [-0.3, -0.25) is 19.9 Å². The highest BCUT2D eigenvalue weighted by molar-refractivity contribution is 6.04. The number of esters is 1. The second-order valence-corrected chi connectivity index (χ2v) is 6.91. The number of pyridine rings is 1. The molecule has 2 aromatic rings. The summed E-state index contributed by atoms with van der Waals surface area (Å²) in [6, 6.07) is 10.9. The van der Waals surface area contributed by atoms with Crippen LogP contribution in [0.2, 0.25) is 0 Å². The number of aromatic nitrogens is 1. The molecule has 2 heterocycles. The number of allylic oxidation sites excluding steroid dienone is 1. The number of nitro groups is 1. The molecule has 1 aromatic heterocycles. The summed E-state index contributed by atoms with van der Waals surface area (Å²) in [4.78, 5) is 40.5. The Labute approximate surface area is 183 Å². The Morgan fingerprint density at radius 1 is 1.28 bits per heavy atom. The van der Waals surface area contributed by atoms with Crippen LogP contribution in [0.3, 0.4) is 0 Å². The molecule has 1 aromatic carbocycles. The second-order valence-electron chi connectivity index (χ2n) is 6.91. The van der Waals surface area contributed by atoms with Crippen molar-refractivity contribution in [1.29, 1.82) is 0 Å². The molecule has 0 spiro atoms. The molecule has 1 amide bonds. The van der Waals surface area contributed by atoms with Gasteiger partial charge in [0.05, 0.1) is 30.1 Å². The lowest BCUT2D eigenvalue weighted by Gasteiger charge is -2.29. The first kappa shape index (κ1) is 22.5. The van der Waals surface area contributed by atoms with E-state index in [1.54, 1.807) is 18.3 Å². The molecular weight excluding hydrogens is 418 g/mol. The van der Waals surface area contributed by atoms with Crippen LogP contribution in [0.25, 0.3) is 0 Å². The fourth-order valence-corrected chi connectivity index (χ4v) is 3.42. The van der Waals surface area contributed by atoms with Crippen molar-refractivity contribution in [3.63, 3.8) is 0 Å². The van der Waals surface area contributed by atoms with Crippen LogP contribution in [-0.2, 0) is 25.5 Å². The first-order chi connectivity index (χ1) is 15.3. The zero-order valence-electron chi connectivity index (χ0n) is 17.4. The SMILES string of the molecule is CO/C(O)=C1\C(=O)NC(C)=C(C(=O)OCCc2ccccn2)C1c1cccc([N+](=O)[O-])c1. The number of ether oxygens (including phenoxy) is 2. The predicted molar refractivity (Wildman–Crippen MR) is 112 cm³/mol. The first-order valence-electron chi connectivity index (χ1n) is 9.64. The zero-order valence-corrected chi connectivity index (χ0v) is 17.4. The van der Waals surface area contributed by atoms with E-state index in [0.29, 0.717) is 6.42 Å². The van der Waals surface area contributed by atoms with Crippen LogP contribution >= 0.6 is 0 Å². The van der Waals surface area contributed by atoms with Gasteiger partial charge in [0.2, 0.25) is 0 Å². The number of nitrogens with zero attached hydrogens (tertiary/aromatic N) is 2. The maximum absolute atomic E-state index is 13.0. The topological polar surface area (TPSA) is 141 Å². The molecule has 166 valence electrons. The van der Waals surface area contributed by atoms with Gasteiger partial charge in [0.1, 0.15) is 5.57 Å². The monoisotopic (exact) mass is 439 g/mol. The quantitative estimate of drug-likeness (QED) is 0.221. The van der Waals surface area contributed by atoms with Gasteiger partial charge < -0.3 is 19.9 Å². The van der Waals surface area contributed by atoms with Crippen molar-refractivity contribution in [2.75, 3.05) is 13.7 Å². The van der Waals surface area contributed by atoms with Crippen molar-refractivity contribution in [2.45, 2.75) is 19.3 Å². The van der Waals surface area contributed by atoms with Gasteiger partial charge in [0.15, 0.2) is 0 Å². The minimum Gasteiger partial charge on any atom is -0.481 e. The Morgan fingerprint density at radius 2 is 2.06 bits per heavy atom. The van der Waals surface area contributed by atoms with E-state index < -0.39 is 28.7 Å². The third kappa shape index (κ3) is 4.75. The smallest absolute Gasteiger partial charge is 0.336 e. The van der Waals surface area contributed by atoms with Crippen molar-refractivity contribution in [2.24, 2.45) is 0 Å². The van der Waals surface area contributed by atoms with Crippen LogP contribution in [-0.4, -0.2) is 40.6 Å². The first-order valence-corrected chi connectivity index (χ1v) is 9.64.